The van der Waals surface area contributed by atoms with Gasteiger partial charge in [-0.05, 0) is 37.5 Å². The number of rotatable bonds is 12. The molecule has 15 heteroatoms. The van der Waals surface area contributed by atoms with Gasteiger partial charge in [-0.15, -0.1) is 0 Å². The maximum atomic E-state index is 13.5. The summed E-state index contributed by atoms with van der Waals surface area (Å²) >= 11 is 0. The molecule has 4 rings (SSSR count). The molecular formula is C31H40N6O9. The van der Waals surface area contributed by atoms with E-state index in [9.17, 15) is 33.9 Å². The van der Waals surface area contributed by atoms with E-state index in [0.717, 1.165) is 18.4 Å². The van der Waals surface area contributed by atoms with Crippen LogP contribution in [0.15, 0.2) is 24.3 Å². The fourth-order valence-electron chi connectivity index (χ4n) is 5.11. The lowest BCUT2D eigenvalue weighted by atomic mass is 10.1. The number of carbonyl (C=O) groups excluding carboxylic acids is 5. The van der Waals surface area contributed by atoms with Crippen LogP contribution in [-0.2, 0) is 23.9 Å². The average molecular weight is 641 g/mol. The topological polar surface area (TPSA) is 188 Å². The smallest absolute Gasteiger partial charge is 0.409 e. The summed E-state index contributed by atoms with van der Waals surface area (Å²) in [5.41, 5.74) is 1.19. The number of carboxylic acids is 1. The monoisotopic (exact) mass is 640 g/mol. The number of nitrogens with zero attached hydrogens (tertiary/aromatic N) is 4. The number of aromatic nitrogens is 1. The molecule has 3 N–H and O–H groups in total. The predicted molar refractivity (Wildman–Crippen MR) is 164 cm³/mol. The number of hydrogen-bond donors (Lipinski definition) is 3. The molecule has 0 radical (unpaired) electrons. The first kappa shape index (κ1) is 33.9. The van der Waals surface area contributed by atoms with Gasteiger partial charge < -0.3 is 39.9 Å². The molecule has 2 aliphatic rings. The van der Waals surface area contributed by atoms with Crippen LogP contribution in [0.2, 0.25) is 0 Å². The van der Waals surface area contributed by atoms with E-state index in [2.05, 4.69) is 15.6 Å². The van der Waals surface area contributed by atoms with Crippen molar-refractivity contribution in [2.75, 3.05) is 59.0 Å². The maximum absolute atomic E-state index is 13.5. The molecule has 0 aliphatic carbocycles. The molecule has 1 aromatic carbocycles. The molecule has 2 fully saturated rings. The first-order valence-corrected chi connectivity index (χ1v) is 15.4. The van der Waals surface area contributed by atoms with Crippen LogP contribution < -0.4 is 15.4 Å². The minimum atomic E-state index is -1.17. The van der Waals surface area contributed by atoms with Crippen LogP contribution in [0.1, 0.15) is 48.7 Å². The van der Waals surface area contributed by atoms with E-state index >= 15 is 0 Å². The van der Waals surface area contributed by atoms with Crippen molar-refractivity contribution in [1.82, 2.24) is 30.3 Å². The van der Waals surface area contributed by atoms with Gasteiger partial charge in [0, 0.05) is 57.1 Å². The highest BCUT2D eigenvalue weighted by atomic mass is 16.6. The Morgan fingerprint density at radius 1 is 1.04 bits per heavy atom. The number of piperazine rings is 2. The highest BCUT2D eigenvalue weighted by molar-refractivity contribution is 5.99. The Bertz CT molecular complexity index is 1470. The standard InChI is InChI=1S/C31H40N6O9/c1-3-4-15-45-31(44)36-13-11-35(12-14-36)30(43)22(7-8-28(40)41)34-29(42)24-17-25(21-6-5-20(2)16-23(21)33-24)46-19-27(39)37-10-9-32-26(38)18-37/h5-6,16-17,22H,3-4,7-15,18-19H2,1-2H3,(H,32,38)(H,34,42)(H,40,41). The second-order valence-corrected chi connectivity index (χ2v) is 11.2. The number of carboxylic acid groups (broad SMARTS) is 1. The molecular weight excluding hydrogens is 600 g/mol. The zero-order valence-corrected chi connectivity index (χ0v) is 26.1. The summed E-state index contributed by atoms with van der Waals surface area (Å²) in [6.45, 7) is 5.27. The molecule has 0 saturated carbocycles. The molecule has 1 aromatic heterocycles. The van der Waals surface area contributed by atoms with E-state index < -0.39 is 35.8 Å². The third-order valence-electron chi connectivity index (χ3n) is 7.73. The Morgan fingerprint density at radius 3 is 2.48 bits per heavy atom. The van der Waals surface area contributed by atoms with Gasteiger partial charge in [0.05, 0.1) is 18.7 Å². The van der Waals surface area contributed by atoms with E-state index in [1.54, 1.807) is 12.1 Å². The molecule has 0 spiro atoms. The van der Waals surface area contributed by atoms with Crippen LogP contribution >= 0.6 is 0 Å². The van der Waals surface area contributed by atoms with E-state index in [-0.39, 0.29) is 69.5 Å². The maximum Gasteiger partial charge on any atom is 0.409 e. The second-order valence-electron chi connectivity index (χ2n) is 11.2. The third-order valence-corrected chi connectivity index (χ3v) is 7.73. The van der Waals surface area contributed by atoms with Crippen LogP contribution in [0.3, 0.4) is 0 Å². The number of ether oxygens (including phenoxy) is 2. The molecule has 0 bridgehead atoms. The summed E-state index contributed by atoms with van der Waals surface area (Å²) in [5.74, 6) is -2.78. The fraction of sp³-hybridized carbons (Fsp3) is 0.516. The molecule has 2 saturated heterocycles. The van der Waals surface area contributed by atoms with Gasteiger partial charge in [-0.2, -0.15) is 0 Å². The average Bonchev–Trinajstić information content (AvgIpc) is 3.04. The number of aryl methyl sites for hydroxylation is 1. The number of benzene rings is 1. The van der Waals surface area contributed by atoms with Crippen LogP contribution in [0, 0.1) is 6.92 Å². The Labute approximate surface area is 266 Å². The molecule has 5 amide bonds. The highest BCUT2D eigenvalue weighted by Crippen LogP contribution is 2.27. The molecule has 1 atom stereocenters. The van der Waals surface area contributed by atoms with Gasteiger partial charge in [0.15, 0.2) is 6.61 Å². The van der Waals surface area contributed by atoms with Gasteiger partial charge in [-0.3, -0.25) is 24.0 Å². The van der Waals surface area contributed by atoms with Crippen molar-refractivity contribution >= 4 is 46.6 Å². The van der Waals surface area contributed by atoms with Crippen LogP contribution in [-0.4, -0.2) is 126 Å². The Balaban J connectivity index is 1.48. The lowest BCUT2D eigenvalue weighted by molar-refractivity contribution is -0.139. The van der Waals surface area contributed by atoms with E-state index in [1.165, 1.54) is 20.8 Å². The summed E-state index contributed by atoms with van der Waals surface area (Å²) in [4.78, 5) is 84.0. The van der Waals surface area contributed by atoms with Crippen molar-refractivity contribution in [3.63, 3.8) is 0 Å². The highest BCUT2D eigenvalue weighted by Gasteiger charge is 2.31. The number of amides is 5. The first-order valence-electron chi connectivity index (χ1n) is 15.4. The Hall–Kier alpha value is -4.95. The summed E-state index contributed by atoms with van der Waals surface area (Å²) in [6, 6.07) is 5.53. The largest absolute Gasteiger partial charge is 0.483 e. The molecule has 1 unspecified atom stereocenters. The zero-order valence-electron chi connectivity index (χ0n) is 26.1. The quantitative estimate of drug-likeness (QED) is 0.282. The number of carbonyl (C=O) groups is 6. The molecule has 2 aromatic rings. The van der Waals surface area contributed by atoms with Gasteiger partial charge in [0.25, 0.3) is 11.8 Å². The van der Waals surface area contributed by atoms with Crippen molar-refractivity contribution in [2.45, 2.75) is 45.6 Å². The van der Waals surface area contributed by atoms with E-state index in [0.29, 0.717) is 30.6 Å². The molecule has 15 nitrogen and oxygen atoms in total. The van der Waals surface area contributed by atoms with Gasteiger partial charge in [-0.1, -0.05) is 19.4 Å². The minimum Gasteiger partial charge on any atom is -0.483 e. The second kappa shape index (κ2) is 15.9. The number of fused-ring (bicyclic) bond motifs is 1. The zero-order chi connectivity index (χ0) is 33.2. The number of nitrogens with one attached hydrogen (secondary N) is 2. The molecule has 46 heavy (non-hydrogen) atoms. The predicted octanol–water partition coefficient (Wildman–Crippen LogP) is 0.925. The van der Waals surface area contributed by atoms with E-state index in [1.807, 2.05) is 19.9 Å². The van der Waals surface area contributed by atoms with Crippen molar-refractivity contribution < 1.29 is 43.3 Å². The van der Waals surface area contributed by atoms with Crippen LogP contribution in [0.4, 0.5) is 4.79 Å². The SMILES string of the molecule is CCCCOC(=O)N1CCN(C(=O)C(CCC(=O)O)NC(=O)c2cc(OCC(=O)N3CCNC(=O)C3)c3ccc(C)cc3n2)CC1. The summed E-state index contributed by atoms with van der Waals surface area (Å²) in [6.07, 6.45) is 0.672. The lowest BCUT2D eigenvalue weighted by Crippen LogP contribution is -2.56. The first-order chi connectivity index (χ1) is 22.0. The third kappa shape index (κ3) is 9.05. The van der Waals surface area contributed by atoms with Gasteiger partial charge >= 0.3 is 12.1 Å². The summed E-state index contributed by atoms with van der Waals surface area (Å²) in [5, 5.41) is 15.2. The number of aliphatic carboxylic acids is 1. The molecule has 248 valence electrons. The Kier molecular flexibility index (Phi) is 11.7. The van der Waals surface area contributed by atoms with Gasteiger partial charge in [-0.25, -0.2) is 9.78 Å². The summed E-state index contributed by atoms with van der Waals surface area (Å²) in [7, 11) is 0. The van der Waals surface area contributed by atoms with Crippen molar-refractivity contribution in [3.05, 3.63) is 35.5 Å². The number of pyridine rings is 1. The normalized spacial score (nSPS) is 15.6. The molecule has 2 aliphatic heterocycles. The van der Waals surface area contributed by atoms with Crippen LogP contribution in [0.5, 0.6) is 5.75 Å². The van der Waals surface area contributed by atoms with Crippen LogP contribution in [0.25, 0.3) is 10.9 Å². The van der Waals surface area contributed by atoms with Crippen molar-refractivity contribution in [1.29, 1.82) is 0 Å². The molecule has 3 heterocycles. The van der Waals surface area contributed by atoms with Crippen molar-refractivity contribution in [2.24, 2.45) is 0 Å². The lowest BCUT2D eigenvalue weighted by Gasteiger charge is -2.36. The van der Waals surface area contributed by atoms with Gasteiger partial charge in [0.2, 0.25) is 11.8 Å². The number of hydrogen-bond acceptors (Lipinski definition) is 9. The minimum absolute atomic E-state index is 0.0734. The number of unbranched alkanes of at least 4 members (excludes halogenated alkanes) is 1. The summed E-state index contributed by atoms with van der Waals surface area (Å²) < 4.78 is 11.1. The van der Waals surface area contributed by atoms with Gasteiger partial charge in [0.1, 0.15) is 17.5 Å². The van der Waals surface area contributed by atoms with Crippen molar-refractivity contribution in [3.8, 4) is 5.75 Å². The fourth-order valence-corrected chi connectivity index (χ4v) is 5.11. The Morgan fingerprint density at radius 2 is 1.78 bits per heavy atom. The van der Waals surface area contributed by atoms with E-state index in [4.69, 9.17) is 9.47 Å².